The second-order valence-corrected chi connectivity index (χ2v) is 5.70. The Hall–Kier alpha value is -1.79. The first-order valence-electron chi connectivity index (χ1n) is 7.16. The van der Waals surface area contributed by atoms with E-state index < -0.39 is 12.0 Å². The number of amides is 3. The van der Waals surface area contributed by atoms with Crippen molar-refractivity contribution in [2.24, 2.45) is 0 Å². The van der Waals surface area contributed by atoms with E-state index in [2.05, 4.69) is 0 Å². The van der Waals surface area contributed by atoms with Gasteiger partial charge in [0.2, 0.25) is 5.91 Å². The van der Waals surface area contributed by atoms with E-state index in [1.807, 2.05) is 4.90 Å². The van der Waals surface area contributed by atoms with Crippen LogP contribution in [0.15, 0.2) is 0 Å². The van der Waals surface area contributed by atoms with Gasteiger partial charge in [0.1, 0.15) is 6.04 Å². The van der Waals surface area contributed by atoms with Crippen LogP contribution in [0, 0.1) is 0 Å². The van der Waals surface area contributed by atoms with Gasteiger partial charge in [-0.05, 0) is 19.3 Å². The summed E-state index contributed by atoms with van der Waals surface area (Å²) in [5.41, 5.74) is 0. The molecule has 20 heavy (non-hydrogen) atoms. The number of likely N-dealkylation sites (tertiary alicyclic amines) is 1. The third-order valence-electron chi connectivity index (χ3n) is 4.55. The first-order valence-corrected chi connectivity index (χ1v) is 7.16. The second-order valence-electron chi connectivity index (χ2n) is 5.70. The van der Waals surface area contributed by atoms with Gasteiger partial charge in [-0.3, -0.25) is 4.79 Å². The Morgan fingerprint density at radius 1 is 1.15 bits per heavy atom. The molecule has 0 aliphatic carbocycles. The second kappa shape index (κ2) is 4.96. The Kier molecular flexibility index (Phi) is 3.27. The molecule has 3 aliphatic heterocycles. The molecule has 0 spiro atoms. The fourth-order valence-electron chi connectivity index (χ4n) is 3.47. The van der Waals surface area contributed by atoms with Crippen LogP contribution in [-0.4, -0.2) is 76.0 Å². The molecule has 0 aromatic carbocycles. The Morgan fingerprint density at radius 3 is 2.70 bits per heavy atom. The van der Waals surface area contributed by atoms with E-state index in [4.69, 9.17) is 5.11 Å². The molecule has 7 heteroatoms. The zero-order valence-corrected chi connectivity index (χ0v) is 11.3. The van der Waals surface area contributed by atoms with Crippen molar-refractivity contribution >= 4 is 17.9 Å². The topological polar surface area (TPSA) is 81.2 Å². The van der Waals surface area contributed by atoms with E-state index in [0.29, 0.717) is 39.0 Å². The fraction of sp³-hybridized carbons (Fsp3) is 0.769. The van der Waals surface area contributed by atoms with Crippen molar-refractivity contribution in [2.45, 2.75) is 37.8 Å². The molecular formula is C13H19N3O4. The lowest BCUT2D eigenvalue weighted by molar-refractivity contribution is -0.141. The first-order chi connectivity index (χ1) is 9.58. The van der Waals surface area contributed by atoms with Gasteiger partial charge in [0, 0.05) is 38.6 Å². The van der Waals surface area contributed by atoms with Crippen LogP contribution in [0.5, 0.6) is 0 Å². The minimum absolute atomic E-state index is 0.117. The van der Waals surface area contributed by atoms with Crippen molar-refractivity contribution in [3.63, 3.8) is 0 Å². The molecule has 3 heterocycles. The molecule has 3 aliphatic rings. The minimum atomic E-state index is -0.925. The highest BCUT2D eigenvalue weighted by Gasteiger charge is 2.41. The Labute approximate surface area is 117 Å². The van der Waals surface area contributed by atoms with E-state index in [1.54, 1.807) is 4.90 Å². The molecule has 0 bridgehead atoms. The van der Waals surface area contributed by atoms with Crippen LogP contribution in [0.3, 0.4) is 0 Å². The van der Waals surface area contributed by atoms with Crippen LogP contribution in [-0.2, 0) is 9.59 Å². The zero-order valence-electron chi connectivity index (χ0n) is 11.3. The van der Waals surface area contributed by atoms with Crippen molar-refractivity contribution in [3.8, 4) is 0 Å². The molecule has 3 saturated heterocycles. The minimum Gasteiger partial charge on any atom is -0.480 e. The molecule has 2 atom stereocenters. The van der Waals surface area contributed by atoms with Crippen LogP contribution in [0.2, 0.25) is 0 Å². The summed E-state index contributed by atoms with van der Waals surface area (Å²) in [5.74, 6) is -0.753. The molecule has 3 amide bonds. The molecule has 110 valence electrons. The highest BCUT2D eigenvalue weighted by atomic mass is 16.4. The molecule has 3 rings (SSSR count). The Morgan fingerprint density at radius 2 is 1.95 bits per heavy atom. The average molecular weight is 281 g/mol. The van der Waals surface area contributed by atoms with E-state index in [0.717, 1.165) is 12.8 Å². The molecule has 0 saturated carbocycles. The summed E-state index contributed by atoms with van der Waals surface area (Å²) >= 11 is 0. The predicted octanol–water partition coefficient (Wildman–Crippen LogP) is -0.0380. The zero-order chi connectivity index (χ0) is 14.3. The summed E-state index contributed by atoms with van der Waals surface area (Å²) in [6, 6.07) is -0.759. The quantitative estimate of drug-likeness (QED) is 0.731. The standard InChI is InChI=1S/C13H19N3O4/c17-11-4-3-9-8-14(6-7-15(9)11)13(20)16-5-1-2-10(16)12(18)19/h9-10H,1-8H2,(H,18,19)/t9?,10-/m1/s1. The van der Waals surface area contributed by atoms with Gasteiger partial charge in [-0.25, -0.2) is 9.59 Å². The summed E-state index contributed by atoms with van der Waals surface area (Å²) in [6.45, 7) is 2.12. The summed E-state index contributed by atoms with van der Waals surface area (Å²) in [5, 5.41) is 9.15. The Balaban J connectivity index is 1.66. The van der Waals surface area contributed by atoms with Crippen LogP contribution >= 0.6 is 0 Å². The van der Waals surface area contributed by atoms with Gasteiger partial charge in [-0.1, -0.05) is 0 Å². The van der Waals surface area contributed by atoms with E-state index in [9.17, 15) is 14.4 Å². The SMILES string of the molecule is O=C(O)[C@H]1CCCN1C(=O)N1CCN2C(=O)CCC2C1. The molecule has 1 unspecified atom stereocenters. The van der Waals surface area contributed by atoms with Crippen LogP contribution in [0.4, 0.5) is 4.79 Å². The summed E-state index contributed by atoms with van der Waals surface area (Å²) in [4.78, 5) is 40.3. The number of urea groups is 1. The lowest BCUT2D eigenvalue weighted by atomic mass is 10.1. The number of carbonyl (C=O) groups excluding carboxylic acids is 2. The molecule has 7 nitrogen and oxygen atoms in total. The highest BCUT2D eigenvalue weighted by molar-refractivity contribution is 5.84. The van der Waals surface area contributed by atoms with Crippen LogP contribution in [0.25, 0.3) is 0 Å². The lowest BCUT2D eigenvalue weighted by Gasteiger charge is -2.39. The lowest BCUT2D eigenvalue weighted by Crippen LogP contribution is -2.57. The van der Waals surface area contributed by atoms with Crippen molar-refractivity contribution in [1.82, 2.24) is 14.7 Å². The Bertz CT molecular complexity index is 453. The van der Waals surface area contributed by atoms with Gasteiger partial charge in [-0.2, -0.15) is 0 Å². The number of carboxylic acid groups (broad SMARTS) is 1. The third-order valence-corrected chi connectivity index (χ3v) is 4.55. The number of nitrogens with zero attached hydrogens (tertiary/aromatic N) is 3. The average Bonchev–Trinajstić information content (AvgIpc) is 3.05. The highest BCUT2D eigenvalue weighted by Crippen LogP contribution is 2.25. The molecule has 1 N–H and O–H groups in total. The monoisotopic (exact) mass is 281 g/mol. The van der Waals surface area contributed by atoms with Gasteiger partial charge >= 0.3 is 12.0 Å². The molecular weight excluding hydrogens is 262 g/mol. The maximum atomic E-state index is 12.5. The number of carboxylic acids is 1. The molecule has 0 aromatic rings. The van der Waals surface area contributed by atoms with Gasteiger partial charge in [0.05, 0.1) is 0 Å². The van der Waals surface area contributed by atoms with Crippen molar-refractivity contribution in [1.29, 1.82) is 0 Å². The summed E-state index contributed by atoms with van der Waals surface area (Å²) in [7, 11) is 0. The van der Waals surface area contributed by atoms with Gasteiger partial charge in [0.15, 0.2) is 0 Å². The predicted molar refractivity (Wildman–Crippen MR) is 69.1 cm³/mol. The van der Waals surface area contributed by atoms with Crippen molar-refractivity contribution in [3.05, 3.63) is 0 Å². The number of hydrogen-bond acceptors (Lipinski definition) is 3. The van der Waals surface area contributed by atoms with E-state index in [-0.39, 0.29) is 18.0 Å². The number of hydrogen-bond donors (Lipinski definition) is 1. The maximum Gasteiger partial charge on any atom is 0.326 e. The van der Waals surface area contributed by atoms with Crippen molar-refractivity contribution < 1.29 is 19.5 Å². The summed E-state index contributed by atoms with van der Waals surface area (Å²) in [6.07, 6.45) is 2.63. The smallest absolute Gasteiger partial charge is 0.326 e. The molecule has 0 aromatic heterocycles. The van der Waals surface area contributed by atoms with Gasteiger partial charge in [-0.15, -0.1) is 0 Å². The van der Waals surface area contributed by atoms with Crippen LogP contribution < -0.4 is 0 Å². The van der Waals surface area contributed by atoms with Crippen LogP contribution in [0.1, 0.15) is 25.7 Å². The van der Waals surface area contributed by atoms with E-state index >= 15 is 0 Å². The third kappa shape index (κ3) is 2.10. The van der Waals surface area contributed by atoms with Gasteiger partial charge < -0.3 is 19.8 Å². The number of rotatable bonds is 1. The molecule has 0 radical (unpaired) electrons. The fourth-order valence-corrected chi connectivity index (χ4v) is 3.47. The number of carbonyl (C=O) groups is 3. The van der Waals surface area contributed by atoms with Gasteiger partial charge in [0.25, 0.3) is 0 Å². The largest absolute Gasteiger partial charge is 0.480 e. The van der Waals surface area contributed by atoms with Crippen molar-refractivity contribution in [2.75, 3.05) is 26.2 Å². The van der Waals surface area contributed by atoms with E-state index in [1.165, 1.54) is 4.90 Å². The molecule has 3 fully saturated rings. The summed E-state index contributed by atoms with van der Waals surface area (Å²) < 4.78 is 0. The maximum absolute atomic E-state index is 12.5. The first kappa shape index (κ1) is 13.2. The number of piperazine rings is 1. The number of aliphatic carboxylic acids is 1. The number of fused-ring (bicyclic) bond motifs is 1. The normalized spacial score (nSPS) is 29.8.